The monoisotopic (exact) mass is 277 g/mol. The van der Waals surface area contributed by atoms with Crippen LogP contribution in [0.25, 0.3) is 0 Å². The molecule has 2 N–H and O–H groups in total. The normalized spacial score (nSPS) is 12.9. The molecule has 0 heterocycles. The predicted molar refractivity (Wildman–Crippen MR) is 60.5 cm³/mol. The Morgan fingerprint density at radius 2 is 1.87 bits per heavy atom. The van der Waals surface area contributed by atoms with Gasteiger partial charge in [-0.25, -0.2) is 8.78 Å². The summed E-state index contributed by atoms with van der Waals surface area (Å²) in [5.74, 6) is -1.16. The number of nitrogens with two attached hydrogens (primary N) is 1. The van der Waals surface area contributed by atoms with Gasteiger partial charge in [0.15, 0.2) is 0 Å². The minimum atomic E-state index is -0.578. The standard InChI is InChI=1S/C11H14BrF2N/c1-2-3-4-10(15)11-8(13)5-7(12)6-9(11)14/h5-6,10H,2-4,15H2,1H3/t10-/m0/s1. The molecule has 0 radical (unpaired) electrons. The van der Waals surface area contributed by atoms with Crippen molar-refractivity contribution in [2.24, 2.45) is 5.73 Å². The Bertz CT molecular complexity index is 318. The van der Waals surface area contributed by atoms with Crippen LogP contribution in [-0.4, -0.2) is 0 Å². The Morgan fingerprint density at radius 1 is 1.33 bits per heavy atom. The largest absolute Gasteiger partial charge is 0.324 e. The second-order valence-corrected chi connectivity index (χ2v) is 4.45. The van der Waals surface area contributed by atoms with E-state index in [-0.39, 0.29) is 5.56 Å². The molecule has 1 nitrogen and oxygen atoms in total. The SMILES string of the molecule is CCCC[C@H](N)c1c(F)cc(Br)cc1F. The Kier molecular flexibility index (Phi) is 4.67. The van der Waals surface area contributed by atoms with Crippen LogP contribution in [-0.2, 0) is 0 Å². The zero-order chi connectivity index (χ0) is 11.4. The third-order valence-electron chi connectivity index (χ3n) is 2.28. The van der Waals surface area contributed by atoms with E-state index in [0.29, 0.717) is 10.9 Å². The molecule has 1 aromatic carbocycles. The van der Waals surface area contributed by atoms with Crippen molar-refractivity contribution in [2.45, 2.75) is 32.2 Å². The molecule has 0 amide bonds. The molecule has 0 aliphatic heterocycles. The first kappa shape index (κ1) is 12.6. The maximum atomic E-state index is 13.4. The molecule has 15 heavy (non-hydrogen) atoms. The van der Waals surface area contributed by atoms with Crippen molar-refractivity contribution < 1.29 is 8.78 Å². The summed E-state index contributed by atoms with van der Waals surface area (Å²) in [6.45, 7) is 2.01. The van der Waals surface area contributed by atoms with Gasteiger partial charge in [-0.1, -0.05) is 35.7 Å². The summed E-state index contributed by atoms with van der Waals surface area (Å²) < 4.78 is 27.3. The predicted octanol–water partition coefficient (Wildman–Crippen LogP) is 3.92. The summed E-state index contributed by atoms with van der Waals surface area (Å²) in [7, 11) is 0. The van der Waals surface area contributed by atoms with Gasteiger partial charge in [-0.2, -0.15) is 0 Å². The second-order valence-electron chi connectivity index (χ2n) is 3.53. The van der Waals surface area contributed by atoms with Gasteiger partial charge in [-0.15, -0.1) is 0 Å². The highest BCUT2D eigenvalue weighted by molar-refractivity contribution is 9.10. The molecule has 0 aliphatic carbocycles. The first-order valence-corrected chi connectivity index (χ1v) is 5.75. The third-order valence-corrected chi connectivity index (χ3v) is 2.74. The lowest BCUT2D eigenvalue weighted by atomic mass is 10.0. The average Bonchev–Trinajstić information content (AvgIpc) is 2.12. The smallest absolute Gasteiger partial charge is 0.132 e. The van der Waals surface area contributed by atoms with E-state index in [2.05, 4.69) is 15.9 Å². The van der Waals surface area contributed by atoms with E-state index >= 15 is 0 Å². The zero-order valence-electron chi connectivity index (χ0n) is 8.56. The lowest BCUT2D eigenvalue weighted by molar-refractivity contribution is 0.501. The molecule has 0 spiro atoms. The highest BCUT2D eigenvalue weighted by Crippen LogP contribution is 2.26. The number of hydrogen-bond donors (Lipinski definition) is 1. The summed E-state index contributed by atoms with van der Waals surface area (Å²) >= 11 is 3.03. The summed E-state index contributed by atoms with van der Waals surface area (Å²) in [6.07, 6.45) is 2.44. The molecule has 0 unspecified atom stereocenters. The van der Waals surface area contributed by atoms with E-state index in [4.69, 9.17) is 5.73 Å². The fourth-order valence-electron chi connectivity index (χ4n) is 1.48. The van der Waals surface area contributed by atoms with Gasteiger partial charge in [0.05, 0.1) is 0 Å². The van der Waals surface area contributed by atoms with Crippen LogP contribution >= 0.6 is 15.9 Å². The van der Waals surface area contributed by atoms with E-state index < -0.39 is 17.7 Å². The van der Waals surface area contributed by atoms with Crippen molar-refractivity contribution >= 4 is 15.9 Å². The molecule has 1 aromatic rings. The number of hydrogen-bond acceptors (Lipinski definition) is 1. The summed E-state index contributed by atoms with van der Waals surface area (Å²) in [5, 5.41) is 0. The van der Waals surface area contributed by atoms with Crippen molar-refractivity contribution in [2.75, 3.05) is 0 Å². The molecule has 84 valence electrons. The lowest BCUT2D eigenvalue weighted by Crippen LogP contribution is -2.14. The van der Waals surface area contributed by atoms with Crippen LogP contribution in [0.5, 0.6) is 0 Å². The summed E-state index contributed by atoms with van der Waals surface area (Å²) in [5.41, 5.74) is 5.73. The molecule has 0 saturated carbocycles. The van der Waals surface area contributed by atoms with Gasteiger partial charge in [-0.3, -0.25) is 0 Å². The lowest BCUT2D eigenvalue weighted by Gasteiger charge is -2.13. The molecular weight excluding hydrogens is 264 g/mol. The van der Waals surface area contributed by atoms with Gasteiger partial charge in [0.25, 0.3) is 0 Å². The zero-order valence-corrected chi connectivity index (χ0v) is 10.2. The van der Waals surface area contributed by atoms with Gasteiger partial charge < -0.3 is 5.73 Å². The Labute approximate surface area is 96.8 Å². The van der Waals surface area contributed by atoms with E-state index in [1.54, 1.807) is 0 Å². The van der Waals surface area contributed by atoms with E-state index in [1.807, 2.05) is 6.92 Å². The molecule has 0 aliphatic rings. The van der Waals surface area contributed by atoms with Crippen molar-refractivity contribution in [1.82, 2.24) is 0 Å². The van der Waals surface area contributed by atoms with Crippen molar-refractivity contribution in [1.29, 1.82) is 0 Å². The highest BCUT2D eigenvalue weighted by Gasteiger charge is 2.16. The molecule has 0 aromatic heterocycles. The van der Waals surface area contributed by atoms with Gasteiger partial charge in [0, 0.05) is 16.1 Å². The first-order chi connectivity index (χ1) is 7.06. The van der Waals surface area contributed by atoms with Gasteiger partial charge >= 0.3 is 0 Å². The fourth-order valence-corrected chi connectivity index (χ4v) is 1.88. The number of rotatable bonds is 4. The molecule has 0 bridgehead atoms. The third kappa shape index (κ3) is 3.24. The van der Waals surface area contributed by atoms with Crippen LogP contribution < -0.4 is 5.73 Å². The topological polar surface area (TPSA) is 26.0 Å². The Morgan fingerprint density at radius 3 is 2.33 bits per heavy atom. The molecular formula is C11H14BrF2N. The van der Waals surface area contributed by atoms with Gasteiger partial charge in [-0.05, 0) is 18.6 Å². The number of unbranched alkanes of at least 4 members (excludes halogenated alkanes) is 1. The van der Waals surface area contributed by atoms with Crippen LogP contribution in [0.4, 0.5) is 8.78 Å². The Balaban J connectivity index is 2.92. The average molecular weight is 278 g/mol. The minimum absolute atomic E-state index is 0.00773. The fraction of sp³-hybridized carbons (Fsp3) is 0.455. The van der Waals surface area contributed by atoms with Crippen molar-refractivity contribution in [3.8, 4) is 0 Å². The van der Waals surface area contributed by atoms with E-state index in [1.165, 1.54) is 12.1 Å². The van der Waals surface area contributed by atoms with Gasteiger partial charge in [0.1, 0.15) is 11.6 Å². The van der Waals surface area contributed by atoms with Crippen LogP contribution in [0.3, 0.4) is 0 Å². The molecule has 0 saturated heterocycles. The first-order valence-electron chi connectivity index (χ1n) is 4.96. The van der Waals surface area contributed by atoms with Crippen molar-refractivity contribution in [3.05, 3.63) is 33.8 Å². The molecule has 0 fully saturated rings. The van der Waals surface area contributed by atoms with E-state index in [0.717, 1.165) is 12.8 Å². The van der Waals surface area contributed by atoms with Crippen LogP contribution in [0.1, 0.15) is 37.8 Å². The maximum absolute atomic E-state index is 13.4. The molecule has 1 rings (SSSR count). The highest BCUT2D eigenvalue weighted by atomic mass is 79.9. The summed E-state index contributed by atoms with van der Waals surface area (Å²) in [6, 6.07) is 1.92. The second kappa shape index (κ2) is 5.56. The van der Waals surface area contributed by atoms with Crippen LogP contribution in [0, 0.1) is 11.6 Å². The van der Waals surface area contributed by atoms with Crippen LogP contribution in [0.2, 0.25) is 0 Å². The Hall–Kier alpha value is -0.480. The molecule has 1 atom stereocenters. The number of halogens is 3. The molecule has 4 heteroatoms. The minimum Gasteiger partial charge on any atom is -0.324 e. The van der Waals surface area contributed by atoms with Gasteiger partial charge in [0.2, 0.25) is 0 Å². The van der Waals surface area contributed by atoms with Crippen molar-refractivity contribution in [3.63, 3.8) is 0 Å². The maximum Gasteiger partial charge on any atom is 0.132 e. The number of benzene rings is 1. The van der Waals surface area contributed by atoms with Crippen LogP contribution in [0.15, 0.2) is 16.6 Å². The quantitative estimate of drug-likeness (QED) is 0.887. The van der Waals surface area contributed by atoms with E-state index in [9.17, 15) is 8.78 Å². The summed E-state index contributed by atoms with van der Waals surface area (Å²) in [4.78, 5) is 0.